The maximum atomic E-state index is 12.7. The predicted molar refractivity (Wildman–Crippen MR) is 123 cm³/mol. The summed E-state index contributed by atoms with van der Waals surface area (Å²) in [5, 5.41) is 11.0. The van der Waals surface area contributed by atoms with Crippen LogP contribution in [0.4, 0.5) is 8.78 Å². The number of rotatable bonds is 7. The molecule has 0 bridgehead atoms. The molecular formula is C18H24Cl2F2IN5O. The second-order valence-electron chi connectivity index (χ2n) is 6.13. The average Bonchev–Trinajstić information content (AvgIpc) is 2.86. The molecule has 0 fully saturated rings. The number of halogens is 5. The number of hydrogen-bond donors (Lipinski definition) is 2. The van der Waals surface area contributed by atoms with Crippen LogP contribution in [-0.2, 0) is 20.0 Å². The molecule has 1 aromatic carbocycles. The van der Waals surface area contributed by atoms with E-state index in [2.05, 4.69) is 25.5 Å². The number of aryl methyl sites for hydroxylation is 2. The molecule has 1 heterocycles. The van der Waals surface area contributed by atoms with E-state index in [9.17, 15) is 8.78 Å². The summed E-state index contributed by atoms with van der Waals surface area (Å²) in [5.74, 6) is 0.406. The number of benzene rings is 1. The first-order valence-electron chi connectivity index (χ1n) is 8.59. The molecule has 0 amide bonds. The molecule has 1 aromatic heterocycles. The normalized spacial score (nSPS) is 11.4. The molecule has 11 heteroatoms. The number of aromatic nitrogens is 2. The van der Waals surface area contributed by atoms with E-state index in [1.54, 1.807) is 7.05 Å². The van der Waals surface area contributed by atoms with Crippen molar-refractivity contribution in [3.8, 4) is 5.75 Å². The van der Waals surface area contributed by atoms with Gasteiger partial charge in [0.2, 0.25) is 0 Å². The number of aliphatic imine (C=N–C) groups is 1. The third-order valence-corrected chi connectivity index (χ3v) is 4.79. The molecule has 0 atom stereocenters. The Labute approximate surface area is 196 Å². The van der Waals surface area contributed by atoms with E-state index in [0.717, 1.165) is 17.8 Å². The predicted octanol–water partition coefficient (Wildman–Crippen LogP) is 4.47. The van der Waals surface area contributed by atoms with Crippen molar-refractivity contribution >= 4 is 53.1 Å². The highest BCUT2D eigenvalue weighted by Crippen LogP contribution is 2.33. The number of ether oxygens (including phenoxy) is 1. The summed E-state index contributed by atoms with van der Waals surface area (Å²) in [6.45, 7) is 1.80. The zero-order valence-electron chi connectivity index (χ0n) is 16.5. The van der Waals surface area contributed by atoms with Crippen LogP contribution in [0.1, 0.15) is 22.5 Å². The zero-order valence-corrected chi connectivity index (χ0v) is 20.4. The first-order valence-corrected chi connectivity index (χ1v) is 9.34. The Morgan fingerprint density at radius 3 is 2.52 bits per heavy atom. The Balaban J connectivity index is 0.00000420. The van der Waals surface area contributed by atoms with Crippen molar-refractivity contribution in [3.05, 3.63) is 44.7 Å². The van der Waals surface area contributed by atoms with Crippen LogP contribution in [0.25, 0.3) is 0 Å². The van der Waals surface area contributed by atoms with Crippen LogP contribution in [0.2, 0.25) is 10.0 Å². The fourth-order valence-electron chi connectivity index (χ4n) is 2.85. The number of alkyl halides is 2. The van der Waals surface area contributed by atoms with Gasteiger partial charge < -0.3 is 15.4 Å². The van der Waals surface area contributed by atoms with Crippen LogP contribution >= 0.6 is 47.2 Å². The van der Waals surface area contributed by atoms with Crippen molar-refractivity contribution in [2.24, 2.45) is 12.0 Å². The summed E-state index contributed by atoms with van der Waals surface area (Å²) >= 11 is 12.0. The molecular weight excluding hydrogens is 538 g/mol. The van der Waals surface area contributed by atoms with E-state index in [4.69, 9.17) is 23.2 Å². The van der Waals surface area contributed by atoms with Gasteiger partial charge in [0.25, 0.3) is 0 Å². The molecule has 6 nitrogen and oxygen atoms in total. The topological polar surface area (TPSA) is 63.5 Å². The van der Waals surface area contributed by atoms with E-state index in [-0.39, 0.29) is 41.3 Å². The van der Waals surface area contributed by atoms with Crippen molar-refractivity contribution < 1.29 is 13.5 Å². The lowest BCUT2D eigenvalue weighted by atomic mass is 10.1. The van der Waals surface area contributed by atoms with Gasteiger partial charge in [0, 0.05) is 43.5 Å². The molecule has 162 valence electrons. The fourth-order valence-corrected chi connectivity index (χ4v) is 3.43. The lowest BCUT2D eigenvalue weighted by molar-refractivity contribution is -0.0504. The molecule has 2 rings (SSSR count). The van der Waals surface area contributed by atoms with Crippen LogP contribution < -0.4 is 15.4 Å². The van der Waals surface area contributed by atoms with E-state index in [1.807, 2.05) is 25.6 Å². The maximum Gasteiger partial charge on any atom is 0.387 e. The molecule has 0 aliphatic rings. The van der Waals surface area contributed by atoms with Crippen LogP contribution in [0.15, 0.2) is 17.1 Å². The Morgan fingerprint density at radius 1 is 1.28 bits per heavy atom. The van der Waals surface area contributed by atoms with Crippen molar-refractivity contribution in [3.63, 3.8) is 0 Å². The molecule has 29 heavy (non-hydrogen) atoms. The third-order valence-electron chi connectivity index (χ3n) is 4.29. The third kappa shape index (κ3) is 7.14. The van der Waals surface area contributed by atoms with E-state index in [0.29, 0.717) is 23.1 Å². The fraction of sp³-hybridized carbons (Fsp3) is 0.444. The van der Waals surface area contributed by atoms with Crippen molar-refractivity contribution in [1.82, 2.24) is 20.4 Å². The Morgan fingerprint density at radius 2 is 1.97 bits per heavy atom. The number of nitrogens with one attached hydrogen (secondary N) is 2. The van der Waals surface area contributed by atoms with Crippen molar-refractivity contribution in [2.75, 3.05) is 13.6 Å². The molecule has 0 radical (unpaired) electrons. The summed E-state index contributed by atoms with van der Waals surface area (Å²) in [6.07, 6.45) is 0.773. The first kappa shape index (κ1) is 25.7. The maximum absolute atomic E-state index is 12.7. The molecule has 0 aliphatic heterocycles. The minimum Gasteiger partial charge on any atom is -0.433 e. The zero-order chi connectivity index (χ0) is 20.8. The van der Waals surface area contributed by atoms with Gasteiger partial charge in [-0.2, -0.15) is 13.9 Å². The van der Waals surface area contributed by atoms with Crippen LogP contribution in [0.5, 0.6) is 5.75 Å². The smallest absolute Gasteiger partial charge is 0.387 e. The van der Waals surface area contributed by atoms with Gasteiger partial charge in [-0.1, -0.05) is 23.2 Å². The molecule has 0 saturated carbocycles. The summed E-state index contributed by atoms with van der Waals surface area (Å²) in [5.41, 5.74) is 3.69. The van der Waals surface area contributed by atoms with Crippen molar-refractivity contribution in [1.29, 1.82) is 0 Å². The number of guanidine groups is 1. The monoisotopic (exact) mass is 561 g/mol. The number of hydrogen-bond acceptors (Lipinski definition) is 3. The molecule has 2 aromatic rings. The standard InChI is InChI=1S/C18H23Cl2F2N5O.HI/c1-10-14(11(2)27(4)26-10)5-6-24-18(23-3)25-9-12-7-13(19)8-15(20)16(12)28-17(21)22;/h7-8,17H,5-6,9H2,1-4H3,(H2,23,24,25);1H. The molecule has 0 unspecified atom stereocenters. The Kier molecular flexibility index (Phi) is 10.4. The van der Waals surface area contributed by atoms with Gasteiger partial charge in [-0.05, 0) is 38.0 Å². The van der Waals surface area contributed by atoms with E-state index >= 15 is 0 Å². The molecule has 2 N–H and O–H groups in total. The quantitative estimate of drug-likeness (QED) is 0.297. The van der Waals surface area contributed by atoms with E-state index in [1.165, 1.54) is 17.7 Å². The highest BCUT2D eigenvalue weighted by molar-refractivity contribution is 14.0. The van der Waals surface area contributed by atoms with Crippen LogP contribution in [0.3, 0.4) is 0 Å². The lowest BCUT2D eigenvalue weighted by Crippen LogP contribution is -2.38. The van der Waals surface area contributed by atoms with Gasteiger partial charge in [0.15, 0.2) is 5.96 Å². The Bertz CT molecular complexity index is 861. The summed E-state index contributed by atoms with van der Waals surface area (Å²) < 4.78 is 31.7. The second kappa shape index (κ2) is 11.8. The van der Waals surface area contributed by atoms with E-state index < -0.39 is 6.61 Å². The highest BCUT2D eigenvalue weighted by Gasteiger charge is 2.16. The molecule has 0 aliphatic carbocycles. The number of nitrogens with zero attached hydrogens (tertiary/aromatic N) is 3. The molecule has 0 spiro atoms. The highest BCUT2D eigenvalue weighted by atomic mass is 127. The van der Waals surface area contributed by atoms with Gasteiger partial charge in [0.05, 0.1) is 10.7 Å². The van der Waals surface area contributed by atoms with Crippen LogP contribution in [-0.4, -0.2) is 35.9 Å². The average molecular weight is 562 g/mol. The van der Waals surface area contributed by atoms with Gasteiger partial charge in [-0.15, -0.1) is 24.0 Å². The van der Waals surface area contributed by atoms with Crippen molar-refractivity contribution in [2.45, 2.75) is 33.4 Å². The minimum atomic E-state index is -2.99. The largest absolute Gasteiger partial charge is 0.433 e. The Hall–Kier alpha value is -1.33. The molecule has 0 saturated heterocycles. The SMILES string of the molecule is CN=C(NCCc1c(C)nn(C)c1C)NCc1cc(Cl)cc(Cl)c1OC(F)F.I. The summed E-state index contributed by atoms with van der Waals surface area (Å²) in [7, 11) is 3.53. The minimum absolute atomic E-state index is 0. The van der Waals surface area contributed by atoms with Gasteiger partial charge in [0.1, 0.15) is 5.75 Å². The summed E-state index contributed by atoms with van der Waals surface area (Å²) in [4.78, 5) is 4.14. The van der Waals surface area contributed by atoms with Gasteiger partial charge >= 0.3 is 6.61 Å². The van der Waals surface area contributed by atoms with Crippen LogP contribution in [0, 0.1) is 13.8 Å². The first-order chi connectivity index (χ1) is 13.2. The van der Waals surface area contributed by atoms with Gasteiger partial charge in [-0.25, -0.2) is 0 Å². The summed E-state index contributed by atoms with van der Waals surface area (Å²) in [6, 6.07) is 2.88. The van der Waals surface area contributed by atoms with Gasteiger partial charge in [-0.3, -0.25) is 9.67 Å². The lowest BCUT2D eigenvalue weighted by Gasteiger charge is -2.16. The second-order valence-corrected chi connectivity index (χ2v) is 6.97.